The number of nitrogens with zero attached hydrogens (tertiary/aromatic N) is 1. The van der Waals surface area contributed by atoms with Crippen molar-refractivity contribution in [2.24, 2.45) is 0 Å². The van der Waals surface area contributed by atoms with Gasteiger partial charge in [0.1, 0.15) is 12.4 Å². The number of nitro benzene ring substituents is 1. The summed E-state index contributed by atoms with van der Waals surface area (Å²) < 4.78 is 10.2. The first-order valence-electron chi connectivity index (χ1n) is 7.60. The zero-order valence-corrected chi connectivity index (χ0v) is 13.7. The van der Waals surface area contributed by atoms with Crippen LogP contribution in [0.2, 0.25) is 0 Å². The number of hydrogen-bond acceptors (Lipinski definition) is 6. The minimum Gasteiger partial charge on any atom is -0.496 e. The highest BCUT2D eigenvalue weighted by Crippen LogP contribution is 2.24. The molecule has 0 fully saturated rings. The lowest BCUT2D eigenvalue weighted by molar-refractivity contribution is -0.384. The van der Waals surface area contributed by atoms with E-state index in [4.69, 9.17) is 9.47 Å². The number of fused-ring (bicyclic) bond motifs is 1. The van der Waals surface area contributed by atoms with Crippen molar-refractivity contribution >= 4 is 28.3 Å². The van der Waals surface area contributed by atoms with Crippen LogP contribution in [0.15, 0.2) is 48.7 Å². The average molecular weight is 354 g/mol. The molecule has 0 bridgehead atoms. The Kier molecular flexibility index (Phi) is 4.66. The van der Waals surface area contributed by atoms with Gasteiger partial charge in [0, 0.05) is 34.8 Å². The van der Waals surface area contributed by atoms with Crippen molar-refractivity contribution in [3.8, 4) is 5.75 Å². The fourth-order valence-corrected chi connectivity index (χ4v) is 2.55. The number of para-hydroxylation sites is 1. The molecule has 1 heterocycles. The van der Waals surface area contributed by atoms with Crippen LogP contribution >= 0.6 is 0 Å². The summed E-state index contributed by atoms with van der Waals surface area (Å²) in [6, 6.07) is 11.0. The van der Waals surface area contributed by atoms with Gasteiger partial charge in [-0.3, -0.25) is 14.9 Å². The van der Waals surface area contributed by atoms with E-state index in [2.05, 4.69) is 4.98 Å². The largest absolute Gasteiger partial charge is 0.496 e. The van der Waals surface area contributed by atoms with Crippen LogP contribution in [-0.2, 0) is 16.1 Å². The second-order valence-corrected chi connectivity index (χ2v) is 5.41. The van der Waals surface area contributed by atoms with Gasteiger partial charge in [-0.2, -0.15) is 0 Å². The maximum absolute atomic E-state index is 12.4. The monoisotopic (exact) mass is 354 g/mol. The molecule has 0 spiro atoms. The first kappa shape index (κ1) is 17.2. The lowest BCUT2D eigenvalue weighted by Gasteiger charge is -2.08. The molecule has 2 aromatic carbocycles. The number of non-ortho nitro benzene ring substituents is 1. The Morgan fingerprint density at radius 1 is 1.19 bits per heavy atom. The van der Waals surface area contributed by atoms with E-state index in [-0.39, 0.29) is 17.9 Å². The van der Waals surface area contributed by atoms with Crippen LogP contribution in [0.1, 0.15) is 15.9 Å². The molecule has 0 saturated heterocycles. The normalized spacial score (nSPS) is 10.5. The van der Waals surface area contributed by atoms with Gasteiger partial charge in [0.25, 0.3) is 11.5 Å². The summed E-state index contributed by atoms with van der Waals surface area (Å²) in [5.74, 6) is -1.40. The highest BCUT2D eigenvalue weighted by molar-refractivity contribution is 6.43. The molecular formula is C18H14N2O6. The van der Waals surface area contributed by atoms with E-state index in [1.54, 1.807) is 24.3 Å². The van der Waals surface area contributed by atoms with E-state index in [0.29, 0.717) is 22.2 Å². The number of methoxy groups -OCH3 is 1. The van der Waals surface area contributed by atoms with Crippen LogP contribution in [0.3, 0.4) is 0 Å². The van der Waals surface area contributed by atoms with Crippen LogP contribution in [-0.4, -0.2) is 28.8 Å². The summed E-state index contributed by atoms with van der Waals surface area (Å²) >= 11 is 0. The lowest BCUT2D eigenvalue weighted by Crippen LogP contribution is -2.17. The van der Waals surface area contributed by atoms with Crippen molar-refractivity contribution in [3.63, 3.8) is 0 Å². The number of esters is 1. The summed E-state index contributed by atoms with van der Waals surface area (Å²) in [6.07, 6.45) is 1.33. The zero-order chi connectivity index (χ0) is 18.7. The number of nitro groups is 1. The first-order valence-corrected chi connectivity index (χ1v) is 7.60. The van der Waals surface area contributed by atoms with Crippen molar-refractivity contribution < 1.29 is 24.0 Å². The van der Waals surface area contributed by atoms with Crippen LogP contribution in [0.4, 0.5) is 5.69 Å². The van der Waals surface area contributed by atoms with Crippen molar-refractivity contribution in [3.05, 3.63) is 69.9 Å². The van der Waals surface area contributed by atoms with E-state index in [9.17, 15) is 19.7 Å². The van der Waals surface area contributed by atoms with Crippen molar-refractivity contribution in [1.29, 1.82) is 0 Å². The number of rotatable bonds is 6. The number of ether oxygens (including phenoxy) is 2. The molecule has 0 unspecified atom stereocenters. The molecule has 8 nitrogen and oxygen atoms in total. The van der Waals surface area contributed by atoms with Gasteiger partial charge in [0.15, 0.2) is 0 Å². The maximum atomic E-state index is 12.4. The minimum absolute atomic E-state index is 0.0220. The fourth-order valence-electron chi connectivity index (χ4n) is 2.55. The summed E-state index contributed by atoms with van der Waals surface area (Å²) in [6.45, 7) is -0.128. The summed E-state index contributed by atoms with van der Waals surface area (Å²) in [7, 11) is 1.49. The quantitative estimate of drug-likeness (QED) is 0.239. The number of H-pyrrole nitrogens is 1. The molecule has 132 valence electrons. The van der Waals surface area contributed by atoms with Crippen LogP contribution in [0.5, 0.6) is 5.75 Å². The smallest absolute Gasteiger partial charge is 0.380 e. The van der Waals surface area contributed by atoms with Gasteiger partial charge in [-0.1, -0.05) is 18.2 Å². The molecule has 0 amide bonds. The van der Waals surface area contributed by atoms with Crippen molar-refractivity contribution in [2.45, 2.75) is 6.61 Å². The number of ketones is 1. The first-order chi connectivity index (χ1) is 12.5. The van der Waals surface area contributed by atoms with Gasteiger partial charge >= 0.3 is 5.97 Å². The number of carbonyl (C=O) groups excluding carboxylic acids is 2. The third-order valence-corrected chi connectivity index (χ3v) is 3.86. The number of Topliss-reactive ketones (excluding diaryl/α,β-unsaturated/α-hetero) is 1. The number of hydrogen-bond donors (Lipinski definition) is 1. The van der Waals surface area contributed by atoms with E-state index >= 15 is 0 Å². The predicted molar refractivity (Wildman–Crippen MR) is 92.1 cm³/mol. The fraction of sp³-hybridized carbons (Fsp3) is 0.111. The Morgan fingerprint density at radius 3 is 2.69 bits per heavy atom. The Hall–Kier alpha value is -3.68. The molecule has 0 aliphatic carbocycles. The molecule has 3 aromatic rings. The summed E-state index contributed by atoms with van der Waals surface area (Å²) in [4.78, 5) is 37.6. The number of carbonyl (C=O) groups is 2. The van der Waals surface area contributed by atoms with E-state index < -0.39 is 16.7 Å². The summed E-state index contributed by atoms with van der Waals surface area (Å²) in [5.41, 5.74) is 0.976. The Balaban J connectivity index is 1.80. The van der Waals surface area contributed by atoms with Gasteiger partial charge in [-0.05, 0) is 12.1 Å². The van der Waals surface area contributed by atoms with Crippen LogP contribution in [0, 0.1) is 10.1 Å². The van der Waals surface area contributed by atoms with Crippen molar-refractivity contribution in [1.82, 2.24) is 4.98 Å². The van der Waals surface area contributed by atoms with Gasteiger partial charge in [0.2, 0.25) is 0 Å². The van der Waals surface area contributed by atoms with Crippen LogP contribution in [0.25, 0.3) is 10.9 Å². The molecule has 3 rings (SSSR count). The van der Waals surface area contributed by atoms with Crippen molar-refractivity contribution in [2.75, 3.05) is 7.11 Å². The molecule has 26 heavy (non-hydrogen) atoms. The number of nitrogens with one attached hydrogen (secondary N) is 1. The third kappa shape index (κ3) is 3.25. The third-order valence-electron chi connectivity index (χ3n) is 3.86. The predicted octanol–water partition coefficient (Wildman–Crippen LogP) is 3.01. The van der Waals surface area contributed by atoms with Crippen LogP contribution < -0.4 is 4.74 Å². The number of benzene rings is 2. The SMILES string of the molecule is COc1ccccc1COC(=O)C(=O)c1c[nH]c2ccc([N+](=O)[O-])cc12. The molecule has 8 heteroatoms. The average Bonchev–Trinajstić information content (AvgIpc) is 3.08. The molecule has 1 aromatic heterocycles. The van der Waals surface area contributed by atoms with Gasteiger partial charge < -0.3 is 14.5 Å². The Labute approximate surface area is 147 Å². The highest BCUT2D eigenvalue weighted by atomic mass is 16.6. The number of aromatic nitrogens is 1. The Morgan fingerprint density at radius 2 is 1.96 bits per heavy atom. The Bertz CT molecular complexity index is 1010. The molecule has 0 saturated carbocycles. The second-order valence-electron chi connectivity index (χ2n) is 5.41. The highest BCUT2D eigenvalue weighted by Gasteiger charge is 2.23. The molecule has 0 atom stereocenters. The minimum atomic E-state index is -1.05. The topological polar surface area (TPSA) is 112 Å². The lowest BCUT2D eigenvalue weighted by atomic mass is 10.1. The van der Waals surface area contributed by atoms with E-state index in [0.717, 1.165) is 0 Å². The molecule has 0 radical (unpaired) electrons. The number of aromatic amines is 1. The molecular weight excluding hydrogens is 340 g/mol. The van der Waals surface area contributed by atoms with Gasteiger partial charge in [0.05, 0.1) is 17.6 Å². The standard InChI is InChI=1S/C18H14N2O6/c1-25-16-5-3-2-4-11(16)10-26-18(22)17(21)14-9-19-15-7-6-12(20(23)24)8-13(14)15/h2-9,19H,10H2,1H3. The second kappa shape index (κ2) is 7.06. The van der Waals surface area contributed by atoms with E-state index in [1.165, 1.54) is 31.5 Å². The van der Waals surface area contributed by atoms with Gasteiger partial charge in [-0.25, -0.2) is 4.79 Å². The van der Waals surface area contributed by atoms with E-state index in [1.807, 2.05) is 0 Å². The van der Waals surface area contributed by atoms with Gasteiger partial charge in [-0.15, -0.1) is 0 Å². The zero-order valence-electron chi connectivity index (χ0n) is 13.7. The maximum Gasteiger partial charge on any atom is 0.380 e. The molecule has 0 aliphatic heterocycles. The molecule has 0 aliphatic rings. The molecule has 1 N–H and O–H groups in total. The summed E-state index contributed by atoms with van der Waals surface area (Å²) in [5, 5.41) is 11.2.